The van der Waals surface area contributed by atoms with Gasteiger partial charge in [-0.2, -0.15) is 13.2 Å². The molecule has 3 aromatic rings. The SMILES string of the molecule is CC.Nc1ccc(Nc2ncc(-c3ccc(C(F)(F)F)cc3)o2)cn1. The second-order valence-electron chi connectivity index (χ2n) is 4.70. The quantitative estimate of drug-likeness (QED) is 0.686. The van der Waals surface area contributed by atoms with Gasteiger partial charge in [0.25, 0.3) is 6.01 Å². The summed E-state index contributed by atoms with van der Waals surface area (Å²) in [5, 5.41) is 2.88. The molecule has 0 aliphatic heterocycles. The highest BCUT2D eigenvalue weighted by Crippen LogP contribution is 2.31. The molecule has 0 bridgehead atoms. The summed E-state index contributed by atoms with van der Waals surface area (Å²) in [6.07, 6.45) is -1.43. The van der Waals surface area contributed by atoms with Crippen LogP contribution in [-0.4, -0.2) is 9.97 Å². The van der Waals surface area contributed by atoms with Crippen molar-refractivity contribution in [1.82, 2.24) is 9.97 Å². The van der Waals surface area contributed by atoms with Crippen LogP contribution in [0.3, 0.4) is 0 Å². The van der Waals surface area contributed by atoms with Gasteiger partial charge in [-0.1, -0.05) is 26.0 Å². The molecule has 132 valence electrons. The standard InChI is InChI=1S/C15H11F3N4O.C2H6/c16-15(17,18)10-3-1-9(2-4-10)12-8-21-14(23-12)22-11-5-6-13(19)20-7-11;1-2/h1-8H,(H2,19,20)(H,21,22);1-2H3. The molecule has 0 atom stereocenters. The first-order valence-electron chi connectivity index (χ1n) is 7.54. The molecule has 0 spiro atoms. The maximum atomic E-state index is 12.5. The second-order valence-corrected chi connectivity index (χ2v) is 4.70. The summed E-state index contributed by atoms with van der Waals surface area (Å²) >= 11 is 0. The molecule has 0 aliphatic rings. The normalized spacial score (nSPS) is 10.8. The number of nitrogen functional groups attached to an aromatic ring is 1. The Morgan fingerprint density at radius 1 is 0.960 bits per heavy atom. The molecule has 0 aliphatic carbocycles. The van der Waals surface area contributed by atoms with Gasteiger partial charge < -0.3 is 15.5 Å². The Labute approximate surface area is 142 Å². The highest BCUT2D eigenvalue weighted by atomic mass is 19.4. The van der Waals surface area contributed by atoms with Crippen molar-refractivity contribution in [3.8, 4) is 11.3 Å². The fourth-order valence-electron chi connectivity index (χ4n) is 1.89. The number of nitrogens with zero attached hydrogens (tertiary/aromatic N) is 2. The van der Waals surface area contributed by atoms with Crippen molar-refractivity contribution >= 4 is 17.5 Å². The van der Waals surface area contributed by atoms with E-state index in [2.05, 4.69) is 15.3 Å². The van der Waals surface area contributed by atoms with E-state index in [0.717, 1.165) is 12.1 Å². The van der Waals surface area contributed by atoms with Crippen LogP contribution in [0, 0.1) is 0 Å². The van der Waals surface area contributed by atoms with E-state index in [4.69, 9.17) is 10.2 Å². The Hall–Kier alpha value is -3.03. The third-order valence-corrected chi connectivity index (χ3v) is 3.04. The lowest BCUT2D eigenvalue weighted by Crippen LogP contribution is -2.03. The Balaban J connectivity index is 0.00000109. The number of halogens is 3. The summed E-state index contributed by atoms with van der Waals surface area (Å²) in [6, 6.07) is 8.16. The van der Waals surface area contributed by atoms with Gasteiger partial charge in [0.15, 0.2) is 5.76 Å². The molecule has 3 N–H and O–H groups in total. The first-order valence-corrected chi connectivity index (χ1v) is 7.54. The van der Waals surface area contributed by atoms with Gasteiger partial charge in [0.1, 0.15) is 5.82 Å². The van der Waals surface area contributed by atoms with Crippen LogP contribution in [-0.2, 0) is 6.18 Å². The molecule has 5 nitrogen and oxygen atoms in total. The maximum Gasteiger partial charge on any atom is 0.416 e. The molecule has 0 unspecified atom stereocenters. The molecule has 8 heteroatoms. The number of nitrogens with two attached hydrogens (primary N) is 1. The van der Waals surface area contributed by atoms with Gasteiger partial charge in [-0.15, -0.1) is 0 Å². The molecule has 1 aromatic carbocycles. The van der Waals surface area contributed by atoms with Crippen molar-refractivity contribution in [2.75, 3.05) is 11.1 Å². The molecule has 2 aromatic heterocycles. The minimum Gasteiger partial charge on any atom is -0.423 e. The maximum absolute atomic E-state index is 12.5. The van der Waals surface area contributed by atoms with Crippen LogP contribution in [0.4, 0.5) is 30.7 Å². The lowest BCUT2D eigenvalue weighted by atomic mass is 10.1. The predicted molar refractivity (Wildman–Crippen MR) is 90.2 cm³/mol. The number of alkyl halides is 3. The lowest BCUT2D eigenvalue weighted by molar-refractivity contribution is -0.137. The molecule has 25 heavy (non-hydrogen) atoms. The Bertz CT molecular complexity index is 796. The van der Waals surface area contributed by atoms with Gasteiger partial charge in [0.2, 0.25) is 0 Å². The van der Waals surface area contributed by atoms with E-state index >= 15 is 0 Å². The fourth-order valence-corrected chi connectivity index (χ4v) is 1.89. The van der Waals surface area contributed by atoms with Crippen molar-refractivity contribution in [2.45, 2.75) is 20.0 Å². The molecule has 0 saturated heterocycles. The summed E-state index contributed by atoms with van der Waals surface area (Å²) in [6.45, 7) is 4.00. The Kier molecular flexibility index (Phi) is 5.63. The summed E-state index contributed by atoms with van der Waals surface area (Å²) in [7, 11) is 0. The second kappa shape index (κ2) is 7.69. The number of rotatable bonds is 3. The van der Waals surface area contributed by atoms with Crippen LogP contribution in [0.1, 0.15) is 19.4 Å². The molecule has 2 heterocycles. The first kappa shape index (κ1) is 18.3. The van der Waals surface area contributed by atoms with Crippen LogP contribution in [0.15, 0.2) is 53.2 Å². The summed E-state index contributed by atoms with van der Waals surface area (Å²) < 4.78 is 43.1. The van der Waals surface area contributed by atoms with Crippen molar-refractivity contribution in [1.29, 1.82) is 0 Å². The first-order chi connectivity index (χ1) is 11.9. The van der Waals surface area contributed by atoms with E-state index in [-0.39, 0.29) is 6.01 Å². The monoisotopic (exact) mass is 350 g/mol. The van der Waals surface area contributed by atoms with Crippen molar-refractivity contribution < 1.29 is 17.6 Å². The van der Waals surface area contributed by atoms with Gasteiger partial charge in [-0.05, 0) is 24.3 Å². The minimum absolute atomic E-state index is 0.200. The topological polar surface area (TPSA) is 77.0 Å². The van der Waals surface area contributed by atoms with E-state index in [1.54, 1.807) is 12.1 Å². The summed E-state index contributed by atoms with van der Waals surface area (Å²) in [4.78, 5) is 7.93. The van der Waals surface area contributed by atoms with Crippen LogP contribution in [0.2, 0.25) is 0 Å². The molecular formula is C17H17F3N4O. The summed E-state index contributed by atoms with van der Waals surface area (Å²) in [5.41, 5.74) is 5.89. The molecule has 0 amide bonds. The number of nitrogens with one attached hydrogen (secondary N) is 1. The molecule has 3 rings (SSSR count). The fraction of sp³-hybridized carbons (Fsp3) is 0.176. The number of anilines is 3. The smallest absolute Gasteiger partial charge is 0.416 e. The predicted octanol–water partition coefficient (Wildman–Crippen LogP) is 5.11. The van der Waals surface area contributed by atoms with Gasteiger partial charge in [0.05, 0.1) is 23.6 Å². The van der Waals surface area contributed by atoms with Crippen molar-refractivity contribution in [2.24, 2.45) is 0 Å². The zero-order valence-electron chi connectivity index (χ0n) is 13.6. The Morgan fingerprint density at radius 2 is 1.64 bits per heavy atom. The highest BCUT2D eigenvalue weighted by Gasteiger charge is 2.30. The number of hydrogen-bond donors (Lipinski definition) is 2. The largest absolute Gasteiger partial charge is 0.423 e. The van der Waals surface area contributed by atoms with E-state index < -0.39 is 11.7 Å². The Morgan fingerprint density at radius 3 is 2.20 bits per heavy atom. The number of aromatic nitrogens is 2. The van der Waals surface area contributed by atoms with E-state index in [9.17, 15) is 13.2 Å². The minimum atomic E-state index is -4.37. The molecule has 0 fully saturated rings. The molecule has 0 saturated carbocycles. The zero-order valence-corrected chi connectivity index (χ0v) is 13.6. The van der Waals surface area contributed by atoms with Crippen LogP contribution in [0.5, 0.6) is 0 Å². The number of pyridine rings is 1. The van der Waals surface area contributed by atoms with E-state index in [0.29, 0.717) is 22.8 Å². The zero-order chi connectivity index (χ0) is 18.4. The van der Waals surface area contributed by atoms with Crippen molar-refractivity contribution in [3.05, 3.63) is 54.4 Å². The van der Waals surface area contributed by atoms with Gasteiger partial charge in [0, 0.05) is 5.56 Å². The number of hydrogen-bond acceptors (Lipinski definition) is 5. The third-order valence-electron chi connectivity index (χ3n) is 3.04. The van der Waals surface area contributed by atoms with Crippen molar-refractivity contribution in [3.63, 3.8) is 0 Å². The van der Waals surface area contributed by atoms with E-state index in [1.807, 2.05) is 13.8 Å². The average molecular weight is 350 g/mol. The van der Waals surface area contributed by atoms with Gasteiger partial charge in [-0.3, -0.25) is 0 Å². The third kappa shape index (κ3) is 4.72. The van der Waals surface area contributed by atoms with Gasteiger partial charge in [-0.25, -0.2) is 9.97 Å². The van der Waals surface area contributed by atoms with Gasteiger partial charge >= 0.3 is 6.18 Å². The lowest BCUT2D eigenvalue weighted by Gasteiger charge is -2.06. The summed E-state index contributed by atoms with van der Waals surface area (Å²) in [5.74, 6) is 0.734. The average Bonchev–Trinajstić information content (AvgIpc) is 3.07. The number of oxazole rings is 1. The highest BCUT2D eigenvalue weighted by molar-refractivity contribution is 5.60. The van der Waals surface area contributed by atoms with E-state index in [1.165, 1.54) is 24.5 Å². The van der Waals surface area contributed by atoms with Crippen LogP contribution < -0.4 is 11.1 Å². The number of benzene rings is 1. The van der Waals surface area contributed by atoms with Crippen LogP contribution in [0.25, 0.3) is 11.3 Å². The molecule has 0 radical (unpaired) electrons. The molecular weight excluding hydrogens is 333 g/mol. The van der Waals surface area contributed by atoms with Crippen LogP contribution >= 0.6 is 0 Å².